The van der Waals surface area contributed by atoms with E-state index < -0.39 is 21.9 Å². The quantitative estimate of drug-likeness (QED) is 0.704. The molecular formula is C18H16Cl2N2O3S. The zero-order valence-corrected chi connectivity index (χ0v) is 16.2. The molecule has 2 heterocycles. The number of aryl methyl sites for hydroxylation is 1. The second-order valence-electron chi connectivity index (χ2n) is 6.67. The lowest BCUT2D eigenvalue weighted by molar-refractivity contribution is 0.255. The van der Waals surface area contributed by atoms with Crippen molar-refractivity contribution < 1.29 is 13.2 Å². The molecule has 2 aliphatic heterocycles. The van der Waals surface area contributed by atoms with Gasteiger partial charge in [0.1, 0.15) is 0 Å². The summed E-state index contributed by atoms with van der Waals surface area (Å²) in [5.41, 5.74) is 2.25. The molecular weight excluding hydrogens is 395 g/mol. The lowest BCUT2D eigenvalue weighted by Gasteiger charge is -2.23. The molecule has 0 bridgehead atoms. The van der Waals surface area contributed by atoms with Gasteiger partial charge in [-0.05, 0) is 42.8 Å². The van der Waals surface area contributed by atoms with Crippen molar-refractivity contribution in [3.8, 4) is 0 Å². The van der Waals surface area contributed by atoms with E-state index >= 15 is 0 Å². The van der Waals surface area contributed by atoms with Crippen LogP contribution in [-0.2, 0) is 9.84 Å². The highest BCUT2D eigenvalue weighted by atomic mass is 35.5. The molecule has 2 atom stereocenters. The molecule has 2 saturated heterocycles. The second-order valence-corrected chi connectivity index (χ2v) is 9.64. The number of amides is 2. The first-order valence-electron chi connectivity index (χ1n) is 8.11. The molecule has 5 nitrogen and oxygen atoms in total. The Hall–Kier alpha value is -1.76. The molecule has 0 N–H and O–H groups in total. The Balaban J connectivity index is 1.82. The Morgan fingerprint density at radius 1 is 0.923 bits per heavy atom. The van der Waals surface area contributed by atoms with Crippen LogP contribution in [-0.4, -0.2) is 38.0 Å². The van der Waals surface area contributed by atoms with Crippen molar-refractivity contribution in [2.45, 2.75) is 19.0 Å². The zero-order valence-electron chi connectivity index (χ0n) is 13.9. The van der Waals surface area contributed by atoms with Crippen molar-refractivity contribution in [1.29, 1.82) is 0 Å². The minimum absolute atomic E-state index is 0.0465. The van der Waals surface area contributed by atoms with E-state index in [1.807, 2.05) is 31.2 Å². The Kier molecular flexibility index (Phi) is 4.17. The third kappa shape index (κ3) is 2.86. The van der Waals surface area contributed by atoms with Crippen LogP contribution in [0.25, 0.3) is 0 Å². The highest BCUT2D eigenvalue weighted by molar-refractivity contribution is 7.91. The Bertz CT molecular complexity index is 1010. The number of halogens is 2. The molecule has 2 aromatic carbocycles. The third-order valence-corrected chi connectivity index (χ3v) is 7.27. The van der Waals surface area contributed by atoms with Gasteiger partial charge in [-0.1, -0.05) is 35.3 Å². The van der Waals surface area contributed by atoms with Crippen LogP contribution in [0.15, 0.2) is 42.5 Å². The third-order valence-electron chi connectivity index (χ3n) is 4.83. The molecule has 136 valence electrons. The predicted molar refractivity (Wildman–Crippen MR) is 104 cm³/mol. The summed E-state index contributed by atoms with van der Waals surface area (Å²) in [6, 6.07) is 11.3. The molecule has 0 aliphatic carbocycles. The number of rotatable bonds is 2. The number of nitrogens with zero attached hydrogens (tertiary/aromatic N) is 2. The van der Waals surface area contributed by atoms with E-state index in [0.717, 1.165) is 5.56 Å². The van der Waals surface area contributed by atoms with Gasteiger partial charge in [0.15, 0.2) is 9.84 Å². The van der Waals surface area contributed by atoms with Crippen LogP contribution < -0.4 is 9.80 Å². The van der Waals surface area contributed by atoms with Crippen molar-refractivity contribution in [3.05, 3.63) is 58.1 Å². The van der Waals surface area contributed by atoms with E-state index in [2.05, 4.69) is 0 Å². The Morgan fingerprint density at radius 3 is 2.12 bits per heavy atom. The molecule has 2 aliphatic rings. The lowest BCUT2D eigenvalue weighted by Crippen LogP contribution is -2.37. The van der Waals surface area contributed by atoms with Gasteiger partial charge in [-0.25, -0.2) is 13.2 Å². The summed E-state index contributed by atoms with van der Waals surface area (Å²) < 4.78 is 24.6. The maximum atomic E-state index is 13.2. The van der Waals surface area contributed by atoms with Crippen molar-refractivity contribution in [3.63, 3.8) is 0 Å². The topological polar surface area (TPSA) is 57.7 Å². The zero-order chi connectivity index (χ0) is 18.6. The number of carbonyl (C=O) groups is 1. The van der Waals surface area contributed by atoms with Gasteiger partial charge >= 0.3 is 6.03 Å². The van der Waals surface area contributed by atoms with Crippen LogP contribution in [0, 0.1) is 6.92 Å². The summed E-state index contributed by atoms with van der Waals surface area (Å²) in [7, 11) is -3.23. The second kappa shape index (κ2) is 6.15. The molecule has 0 aromatic heterocycles. The number of benzene rings is 2. The molecule has 0 saturated carbocycles. The molecule has 4 rings (SSSR count). The molecule has 2 aromatic rings. The number of sulfone groups is 1. The number of fused-ring (bicyclic) bond motifs is 1. The summed E-state index contributed by atoms with van der Waals surface area (Å²) in [5.74, 6) is -0.110. The van der Waals surface area contributed by atoms with Gasteiger partial charge < -0.3 is 0 Å². The van der Waals surface area contributed by atoms with Gasteiger partial charge in [0, 0.05) is 11.4 Å². The van der Waals surface area contributed by atoms with E-state index in [9.17, 15) is 13.2 Å². The van der Waals surface area contributed by atoms with Crippen LogP contribution in [0.5, 0.6) is 0 Å². The summed E-state index contributed by atoms with van der Waals surface area (Å²) in [6.45, 7) is 1.93. The summed E-state index contributed by atoms with van der Waals surface area (Å²) in [4.78, 5) is 16.3. The first kappa shape index (κ1) is 17.6. The maximum Gasteiger partial charge on any atom is 0.329 e. The smallest absolute Gasteiger partial charge is 0.288 e. The van der Waals surface area contributed by atoms with Crippen molar-refractivity contribution >= 4 is 50.4 Å². The fourth-order valence-corrected chi connectivity index (χ4v) is 5.93. The number of anilines is 2. The first-order chi connectivity index (χ1) is 12.3. The van der Waals surface area contributed by atoms with Gasteiger partial charge in [-0.2, -0.15) is 0 Å². The van der Waals surface area contributed by atoms with Crippen LogP contribution in [0.3, 0.4) is 0 Å². The highest BCUT2D eigenvalue weighted by Gasteiger charge is 2.54. The lowest BCUT2D eigenvalue weighted by atomic mass is 10.1. The molecule has 26 heavy (non-hydrogen) atoms. The summed E-state index contributed by atoms with van der Waals surface area (Å²) in [6.07, 6.45) is 0. The van der Waals surface area contributed by atoms with Crippen molar-refractivity contribution in [1.82, 2.24) is 0 Å². The largest absolute Gasteiger partial charge is 0.329 e. The Labute approximate surface area is 162 Å². The molecule has 2 amide bonds. The van der Waals surface area contributed by atoms with E-state index in [1.165, 1.54) is 4.90 Å². The number of hydrogen-bond donors (Lipinski definition) is 0. The predicted octanol–water partition coefficient (Wildman–Crippen LogP) is 3.91. The van der Waals surface area contributed by atoms with Gasteiger partial charge in [0.25, 0.3) is 0 Å². The highest BCUT2D eigenvalue weighted by Crippen LogP contribution is 2.39. The fourth-order valence-electron chi connectivity index (χ4n) is 3.72. The average Bonchev–Trinajstić information content (AvgIpc) is 2.99. The number of hydrogen-bond acceptors (Lipinski definition) is 3. The number of urea groups is 1. The minimum Gasteiger partial charge on any atom is -0.288 e. The molecule has 0 radical (unpaired) electrons. The van der Waals surface area contributed by atoms with Crippen molar-refractivity contribution in [2.75, 3.05) is 21.3 Å². The molecule has 0 unspecified atom stereocenters. The van der Waals surface area contributed by atoms with Gasteiger partial charge in [-0.3, -0.25) is 9.80 Å². The van der Waals surface area contributed by atoms with Gasteiger partial charge in [-0.15, -0.1) is 0 Å². The standard InChI is InChI=1S/C18H16Cl2N2O3S/c1-11-3-2-4-12(7-11)21-16-9-26(24,25)10-17(16)22(18(21)23)13-5-6-14(19)15(20)8-13/h2-8,16-17H,9-10H2,1H3/t16-,17+/m1/s1. The van der Waals surface area contributed by atoms with E-state index in [1.54, 1.807) is 23.1 Å². The van der Waals surface area contributed by atoms with Crippen LogP contribution in [0.1, 0.15) is 5.56 Å². The van der Waals surface area contributed by atoms with Gasteiger partial charge in [0.05, 0.1) is 33.6 Å². The van der Waals surface area contributed by atoms with Crippen molar-refractivity contribution in [2.24, 2.45) is 0 Å². The minimum atomic E-state index is -3.23. The summed E-state index contributed by atoms with van der Waals surface area (Å²) >= 11 is 12.1. The SMILES string of the molecule is Cc1cccc(N2C(=O)N(c3ccc(Cl)c(Cl)c3)[C@H]3CS(=O)(=O)C[C@H]32)c1. The van der Waals surface area contributed by atoms with Crippen LogP contribution in [0.4, 0.5) is 16.2 Å². The normalized spacial score (nSPS) is 24.2. The monoisotopic (exact) mass is 410 g/mol. The fraction of sp³-hybridized carbons (Fsp3) is 0.278. The Morgan fingerprint density at radius 2 is 1.54 bits per heavy atom. The first-order valence-corrected chi connectivity index (χ1v) is 10.7. The van der Waals surface area contributed by atoms with Gasteiger partial charge in [0.2, 0.25) is 0 Å². The summed E-state index contributed by atoms with van der Waals surface area (Å²) in [5, 5.41) is 0.705. The van der Waals surface area contributed by atoms with E-state index in [-0.39, 0.29) is 17.5 Å². The molecule has 2 fully saturated rings. The maximum absolute atomic E-state index is 13.2. The average molecular weight is 411 g/mol. The number of carbonyl (C=O) groups excluding carboxylic acids is 1. The van der Waals surface area contributed by atoms with E-state index in [0.29, 0.717) is 21.4 Å². The molecule has 8 heteroatoms. The van der Waals surface area contributed by atoms with Crippen LogP contribution in [0.2, 0.25) is 10.0 Å². The van der Waals surface area contributed by atoms with E-state index in [4.69, 9.17) is 23.2 Å². The van der Waals surface area contributed by atoms with Crippen LogP contribution >= 0.6 is 23.2 Å². The molecule has 0 spiro atoms.